The van der Waals surface area contributed by atoms with Gasteiger partial charge in [-0.1, -0.05) is 18.3 Å². The third-order valence-electron chi connectivity index (χ3n) is 3.14. The zero-order chi connectivity index (χ0) is 14.2. The number of hydrogen-bond acceptors (Lipinski definition) is 4. The van der Waals surface area contributed by atoms with Gasteiger partial charge in [0.05, 0.1) is 17.7 Å². The minimum atomic E-state index is -0.150. The fourth-order valence-electron chi connectivity index (χ4n) is 2.12. The first-order valence-electron chi connectivity index (χ1n) is 6.91. The molecule has 106 valence electrons. The molecule has 1 amide bonds. The number of aromatic nitrogens is 1. The molecule has 1 saturated heterocycles. The normalized spacial score (nSPS) is 15.2. The number of amides is 1. The van der Waals surface area contributed by atoms with Gasteiger partial charge in [0, 0.05) is 31.9 Å². The van der Waals surface area contributed by atoms with E-state index in [-0.39, 0.29) is 12.5 Å². The molecule has 2 heterocycles. The summed E-state index contributed by atoms with van der Waals surface area (Å²) in [5, 5.41) is 10.7. The number of aliphatic hydroxyl groups excluding tert-OH is 1. The number of carbonyl (C=O) groups excluding carboxylic acids is 1. The van der Waals surface area contributed by atoms with Crippen LogP contribution in [0.4, 0.5) is 0 Å². The quantitative estimate of drug-likeness (QED) is 0.805. The topological polar surface area (TPSA) is 65.5 Å². The summed E-state index contributed by atoms with van der Waals surface area (Å²) in [5.74, 6) is 5.55. The van der Waals surface area contributed by atoms with Crippen LogP contribution in [0.15, 0.2) is 18.5 Å². The second-order valence-electron chi connectivity index (χ2n) is 4.69. The molecule has 0 unspecified atom stereocenters. The molecule has 1 aromatic heterocycles. The lowest BCUT2D eigenvalue weighted by Crippen LogP contribution is -2.45. The Morgan fingerprint density at radius 3 is 2.95 bits per heavy atom. The van der Waals surface area contributed by atoms with E-state index in [1.807, 2.05) is 5.01 Å². The predicted octanol–water partition coefficient (Wildman–Crippen LogP) is 0.946. The maximum absolute atomic E-state index is 12.3. The number of pyridine rings is 1. The number of piperidine rings is 1. The summed E-state index contributed by atoms with van der Waals surface area (Å²) in [6.07, 6.45) is 7.00. The number of carbonyl (C=O) groups is 1. The Labute approximate surface area is 119 Å². The maximum Gasteiger partial charge on any atom is 0.266 e. The third kappa shape index (κ3) is 4.05. The van der Waals surface area contributed by atoms with Crippen molar-refractivity contribution in [2.45, 2.75) is 25.7 Å². The van der Waals surface area contributed by atoms with Gasteiger partial charge in [-0.3, -0.25) is 15.2 Å². The van der Waals surface area contributed by atoms with E-state index in [1.165, 1.54) is 6.42 Å². The average molecular weight is 273 g/mol. The Bertz CT molecular complexity index is 513. The first kappa shape index (κ1) is 14.5. The Hall–Kier alpha value is -1.90. The molecule has 5 heteroatoms. The van der Waals surface area contributed by atoms with E-state index in [0.717, 1.165) is 25.9 Å². The Morgan fingerprint density at radius 1 is 1.40 bits per heavy atom. The van der Waals surface area contributed by atoms with Gasteiger partial charge in [0.2, 0.25) is 0 Å². The number of aliphatic hydroxyl groups is 1. The van der Waals surface area contributed by atoms with Gasteiger partial charge in [0.1, 0.15) is 0 Å². The average Bonchev–Trinajstić information content (AvgIpc) is 2.49. The van der Waals surface area contributed by atoms with Crippen LogP contribution in [0.1, 0.15) is 41.6 Å². The van der Waals surface area contributed by atoms with Crippen molar-refractivity contribution in [1.82, 2.24) is 15.4 Å². The first-order valence-corrected chi connectivity index (χ1v) is 6.91. The maximum atomic E-state index is 12.3. The van der Waals surface area contributed by atoms with Gasteiger partial charge in [0.15, 0.2) is 0 Å². The van der Waals surface area contributed by atoms with E-state index in [1.54, 1.807) is 18.5 Å². The van der Waals surface area contributed by atoms with Gasteiger partial charge in [-0.2, -0.15) is 0 Å². The summed E-state index contributed by atoms with van der Waals surface area (Å²) in [4.78, 5) is 16.3. The van der Waals surface area contributed by atoms with Crippen LogP contribution >= 0.6 is 0 Å². The van der Waals surface area contributed by atoms with Gasteiger partial charge < -0.3 is 5.11 Å². The Morgan fingerprint density at radius 2 is 2.20 bits per heavy atom. The minimum Gasteiger partial charge on any atom is -0.395 e. The molecule has 0 aliphatic carbocycles. The molecule has 1 aromatic rings. The standard InChI is InChI=1S/C15H19N3O2/c19-11-5-2-6-13-12-16-8-7-14(13)15(20)17-18-9-3-1-4-10-18/h7-8,12,19H,1,3-5,9-11H2,(H,17,20). The molecule has 5 nitrogen and oxygen atoms in total. The summed E-state index contributed by atoms with van der Waals surface area (Å²) < 4.78 is 0. The zero-order valence-corrected chi connectivity index (χ0v) is 11.4. The summed E-state index contributed by atoms with van der Waals surface area (Å²) >= 11 is 0. The van der Waals surface area contributed by atoms with E-state index in [2.05, 4.69) is 22.3 Å². The summed E-state index contributed by atoms with van der Waals surface area (Å²) in [6.45, 7) is 1.80. The first-order chi connectivity index (χ1) is 9.81. The minimum absolute atomic E-state index is 0.0164. The summed E-state index contributed by atoms with van der Waals surface area (Å²) in [5.41, 5.74) is 4.03. The molecule has 1 fully saturated rings. The summed E-state index contributed by atoms with van der Waals surface area (Å²) in [7, 11) is 0. The predicted molar refractivity (Wildman–Crippen MR) is 75.7 cm³/mol. The van der Waals surface area contributed by atoms with Crippen LogP contribution in [0.25, 0.3) is 0 Å². The van der Waals surface area contributed by atoms with Gasteiger partial charge in [0.25, 0.3) is 5.91 Å². The lowest BCUT2D eigenvalue weighted by Gasteiger charge is -2.26. The van der Waals surface area contributed by atoms with Gasteiger partial charge in [-0.05, 0) is 18.9 Å². The van der Waals surface area contributed by atoms with Crippen molar-refractivity contribution in [3.8, 4) is 11.8 Å². The molecule has 0 saturated carbocycles. The van der Waals surface area contributed by atoms with Crippen molar-refractivity contribution in [3.63, 3.8) is 0 Å². The molecular weight excluding hydrogens is 254 g/mol. The van der Waals surface area contributed by atoms with Crippen LogP contribution in [-0.2, 0) is 0 Å². The molecule has 0 aromatic carbocycles. The zero-order valence-electron chi connectivity index (χ0n) is 11.4. The van der Waals surface area contributed by atoms with Crippen molar-refractivity contribution >= 4 is 5.91 Å². The Balaban J connectivity index is 2.07. The molecule has 0 radical (unpaired) electrons. The van der Waals surface area contributed by atoms with Crippen molar-refractivity contribution in [2.24, 2.45) is 0 Å². The highest BCUT2D eigenvalue weighted by molar-refractivity contribution is 5.96. The van der Waals surface area contributed by atoms with E-state index in [9.17, 15) is 4.79 Å². The lowest BCUT2D eigenvalue weighted by atomic mass is 10.1. The second-order valence-corrected chi connectivity index (χ2v) is 4.69. The molecule has 1 aliphatic heterocycles. The van der Waals surface area contributed by atoms with Gasteiger partial charge in [-0.15, -0.1) is 0 Å². The number of hydrogen-bond donors (Lipinski definition) is 2. The number of rotatable bonds is 3. The van der Waals surface area contributed by atoms with Crippen LogP contribution in [0.3, 0.4) is 0 Å². The van der Waals surface area contributed by atoms with Gasteiger partial charge in [-0.25, -0.2) is 5.01 Å². The fraction of sp³-hybridized carbons (Fsp3) is 0.467. The van der Waals surface area contributed by atoms with Crippen molar-refractivity contribution < 1.29 is 9.90 Å². The molecule has 1 aliphatic rings. The molecular formula is C15H19N3O2. The SMILES string of the molecule is O=C(NN1CCCCC1)c1ccncc1C#CCCO. The molecule has 0 bridgehead atoms. The van der Waals surface area contributed by atoms with Crippen LogP contribution in [0.5, 0.6) is 0 Å². The third-order valence-corrected chi connectivity index (χ3v) is 3.14. The van der Waals surface area contributed by atoms with Crippen molar-refractivity contribution in [1.29, 1.82) is 0 Å². The van der Waals surface area contributed by atoms with Crippen LogP contribution < -0.4 is 5.43 Å². The van der Waals surface area contributed by atoms with Crippen LogP contribution in [0, 0.1) is 11.8 Å². The van der Waals surface area contributed by atoms with E-state index in [0.29, 0.717) is 17.5 Å². The van der Waals surface area contributed by atoms with Crippen molar-refractivity contribution in [3.05, 3.63) is 29.6 Å². The van der Waals surface area contributed by atoms with E-state index >= 15 is 0 Å². The molecule has 0 atom stereocenters. The highest BCUT2D eigenvalue weighted by atomic mass is 16.2. The second kappa shape index (κ2) is 7.63. The number of hydrazine groups is 1. The number of nitrogens with zero attached hydrogens (tertiary/aromatic N) is 2. The summed E-state index contributed by atoms with van der Waals surface area (Å²) in [6, 6.07) is 1.67. The van der Waals surface area contributed by atoms with Gasteiger partial charge >= 0.3 is 0 Å². The highest BCUT2D eigenvalue weighted by Crippen LogP contribution is 2.09. The monoisotopic (exact) mass is 273 g/mol. The van der Waals surface area contributed by atoms with Crippen LogP contribution in [-0.4, -0.2) is 40.7 Å². The largest absolute Gasteiger partial charge is 0.395 e. The Kier molecular flexibility index (Phi) is 5.54. The fourth-order valence-corrected chi connectivity index (χ4v) is 2.12. The van der Waals surface area contributed by atoms with Crippen LogP contribution in [0.2, 0.25) is 0 Å². The van der Waals surface area contributed by atoms with Crippen molar-refractivity contribution in [2.75, 3.05) is 19.7 Å². The molecule has 2 N–H and O–H groups in total. The van der Waals surface area contributed by atoms with E-state index in [4.69, 9.17) is 5.11 Å². The lowest BCUT2D eigenvalue weighted by molar-refractivity contribution is 0.0749. The molecule has 2 rings (SSSR count). The molecule has 20 heavy (non-hydrogen) atoms. The number of nitrogens with one attached hydrogen (secondary N) is 1. The highest BCUT2D eigenvalue weighted by Gasteiger charge is 2.15. The van der Waals surface area contributed by atoms with E-state index < -0.39 is 0 Å². The smallest absolute Gasteiger partial charge is 0.266 e. The molecule has 0 spiro atoms.